The number of pyridine rings is 1. The number of aromatic nitrogens is 3. The highest BCUT2D eigenvalue weighted by Gasteiger charge is 2.41. The second-order valence-electron chi connectivity index (χ2n) is 10.1. The number of rotatable bonds is 5. The molecule has 2 aliphatic rings. The van der Waals surface area contributed by atoms with E-state index in [0.29, 0.717) is 24.1 Å². The van der Waals surface area contributed by atoms with Crippen molar-refractivity contribution in [3.8, 4) is 16.9 Å². The molecule has 2 fully saturated rings. The van der Waals surface area contributed by atoms with Crippen LogP contribution in [0.1, 0.15) is 23.3 Å². The van der Waals surface area contributed by atoms with Gasteiger partial charge in [-0.2, -0.15) is 5.10 Å². The lowest BCUT2D eigenvalue weighted by molar-refractivity contribution is -0.121. The summed E-state index contributed by atoms with van der Waals surface area (Å²) in [7, 11) is 0. The van der Waals surface area contributed by atoms with Gasteiger partial charge in [-0.3, -0.25) is 14.6 Å². The molecule has 8 nitrogen and oxygen atoms in total. The second-order valence-corrected chi connectivity index (χ2v) is 10.1. The van der Waals surface area contributed by atoms with E-state index in [1.165, 1.54) is 24.5 Å². The van der Waals surface area contributed by atoms with Crippen LogP contribution in [0.25, 0.3) is 16.9 Å². The van der Waals surface area contributed by atoms with Gasteiger partial charge in [-0.1, -0.05) is 0 Å². The number of nitrogens with zero attached hydrogens (tertiary/aromatic N) is 5. The summed E-state index contributed by atoms with van der Waals surface area (Å²) in [6.07, 6.45) is 3.88. The number of halogens is 5. The first-order valence-electron chi connectivity index (χ1n) is 13.2. The van der Waals surface area contributed by atoms with Gasteiger partial charge < -0.3 is 15.1 Å². The van der Waals surface area contributed by atoms with Crippen LogP contribution in [0.3, 0.4) is 0 Å². The summed E-state index contributed by atoms with van der Waals surface area (Å²) in [5, 5.41) is 7.04. The number of benzene rings is 2. The van der Waals surface area contributed by atoms with Gasteiger partial charge in [-0.05, 0) is 49.1 Å². The fraction of sp³-hybridized carbons (Fsp3) is 0.241. The minimum Gasteiger partial charge on any atom is -0.339 e. The van der Waals surface area contributed by atoms with Crippen LogP contribution in [0.5, 0.6) is 0 Å². The molecule has 1 N–H and O–H groups in total. The highest BCUT2D eigenvalue weighted by atomic mass is 19.2. The number of nitrogens with one attached hydrogen (secondary N) is 1. The number of hydrogen-bond donors (Lipinski definition) is 1. The average molecular weight is 583 g/mol. The third kappa shape index (κ3) is 4.95. The largest absolute Gasteiger partial charge is 0.339 e. The van der Waals surface area contributed by atoms with Crippen LogP contribution in [0.15, 0.2) is 60.9 Å². The fourth-order valence-corrected chi connectivity index (χ4v) is 5.57. The standard InChI is InChI=1S/C29H23F5N6O2/c30-18-3-4-24(20(31)10-18)39-15-36-28(41)27(39)16-5-8-38(9-6-16)29(42)23-13-25(17-2-1-7-35-14-17)40(37-23)19-11-21(32)26(34)22(33)12-19/h1-4,7,10-14,16,27H,5-6,8-9,15H2,(H,36,41). The molecular weight excluding hydrogens is 559 g/mol. The van der Waals surface area contributed by atoms with E-state index in [2.05, 4.69) is 15.4 Å². The minimum absolute atomic E-state index is 0.00827. The summed E-state index contributed by atoms with van der Waals surface area (Å²) in [4.78, 5) is 33.4. The van der Waals surface area contributed by atoms with Gasteiger partial charge in [0.2, 0.25) is 5.91 Å². The Morgan fingerprint density at radius 1 is 0.929 bits per heavy atom. The molecule has 6 rings (SSSR count). The van der Waals surface area contributed by atoms with Gasteiger partial charge in [0.1, 0.15) is 17.7 Å². The molecule has 0 bridgehead atoms. The Hall–Kier alpha value is -4.81. The quantitative estimate of drug-likeness (QED) is 0.278. The Bertz CT molecular complexity index is 1650. The van der Waals surface area contributed by atoms with Crippen molar-refractivity contribution >= 4 is 17.5 Å². The first kappa shape index (κ1) is 27.4. The van der Waals surface area contributed by atoms with E-state index in [9.17, 15) is 31.5 Å². The van der Waals surface area contributed by atoms with Crippen LogP contribution in [-0.2, 0) is 4.79 Å². The van der Waals surface area contributed by atoms with Crippen molar-refractivity contribution in [2.24, 2.45) is 5.92 Å². The average Bonchev–Trinajstić information content (AvgIpc) is 3.60. The summed E-state index contributed by atoms with van der Waals surface area (Å²) >= 11 is 0. The van der Waals surface area contributed by atoms with E-state index < -0.39 is 41.0 Å². The SMILES string of the molecule is O=C1NCN(c2ccc(F)cc2F)C1C1CCN(C(=O)c2cc(-c3cccnc3)n(-c3cc(F)c(F)c(F)c3)n2)CC1. The van der Waals surface area contributed by atoms with E-state index in [0.717, 1.165) is 28.9 Å². The topological polar surface area (TPSA) is 83.4 Å². The van der Waals surface area contributed by atoms with Crippen molar-refractivity contribution in [1.82, 2.24) is 25.0 Å². The van der Waals surface area contributed by atoms with Crippen LogP contribution >= 0.6 is 0 Å². The van der Waals surface area contributed by atoms with Crippen molar-refractivity contribution in [3.05, 3.63) is 95.7 Å². The predicted molar refractivity (Wildman–Crippen MR) is 141 cm³/mol. The maximum atomic E-state index is 14.5. The normalized spacial score (nSPS) is 17.5. The minimum atomic E-state index is -1.62. The Labute approximate surface area is 236 Å². The lowest BCUT2D eigenvalue weighted by atomic mass is 9.88. The maximum Gasteiger partial charge on any atom is 0.274 e. The van der Waals surface area contributed by atoms with Crippen molar-refractivity contribution < 1.29 is 31.5 Å². The zero-order valence-corrected chi connectivity index (χ0v) is 21.9. The lowest BCUT2D eigenvalue weighted by Gasteiger charge is -2.37. The Morgan fingerprint density at radius 3 is 2.33 bits per heavy atom. The molecule has 0 spiro atoms. The van der Waals surface area contributed by atoms with E-state index in [1.807, 2.05) is 0 Å². The molecule has 2 aromatic heterocycles. The molecule has 0 saturated carbocycles. The zero-order chi connectivity index (χ0) is 29.5. The molecule has 2 amide bonds. The molecular formula is C29H23F5N6O2. The third-order valence-electron chi connectivity index (χ3n) is 7.62. The van der Waals surface area contributed by atoms with Gasteiger partial charge in [0.05, 0.1) is 23.7 Å². The van der Waals surface area contributed by atoms with Gasteiger partial charge in [0.25, 0.3) is 5.91 Å². The first-order chi connectivity index (χ1) is 20.2. The number of amides is 2. The number of anilines is 1. The molecule has 2 saturated heterocycles. The van der Waals surface area contributed by atoms with Gasteiger partial charge in [0, 0.05) is 49.2 Å². The summed E-state index contributed by atoms with van der Waals surface area (Å²) in [6, 6.07) is 8.86. The highest BCUT2D eigenvalue weighted by Crippen LogP contribution is 2.33. The van der Waals surface area contributed by atoms with Crippen LogP contribution < -0.4 is 10.2 Å². The molecule has 216 valence electrons. The second kappa shape index (κ2) is 10.9. The van der Waals surface area contributed by atoms with Gasteiger partial charge in [-0.15, -0.1) is 0 Å². The Balaban J connectivity index is 1.24. The van der Waals surface area contributed by atoms with Crippen molar-refractivity contribution in [2.75, 3.05) is 24.7 Å². The third-order valence-corrected chi connectivity index (χ3v) is 7.62. The Kier molecular flexibility index (Phi) is 7.09. The molecule has 1 unspecified atom stereocenters. The van der Waals surface area contributed by atoms with Crippen LogP contribution in [0.4, 0.5) is 27.6 Å². The molecule has 4 aromatic rings. The van der Waals surface area contributed by atoms with Crippen molar-refractivity contribution in [2.45, 2.75) is 18.9 Å². The van der Waals surface area contributed by atoms with Gasteiger partial charge in [0.15, 0.2) is 23.1 Å². The number of carbonyl (C=O) groups is 2. The fourth-order valence-electron chi connectivity index (χ4n) is 5.57. The van der Waals surface area contributed by atoms with Gasteiger partial charge in [-0.25, -0.2) is 26.6 Å². The molecule has 1 atom stereocenters. The van der Waals surface area contributed by atoms with E-state index in [-0.39, 0.29) is 48.7 Å². The van der Waals surface area contributed by atoms with Crippen LogP contribution in [0.2, 0.25) is 0 Å². The highest BCUT2D eigenvalue weighted by molar-refractivity contribution is 5.94. The smallest absolute Gasteiger partial charge is 0.274 e. The molecule has 0 radical (unpaired) electrons. The summed E-state index contributed by atoms with van der Waals surface area (Å²) in [6.45, 7) is 0.605. The monoisotopic (exact) mass is 582 g/mol. The lowest BCUT2D eigenvalue weighted by Crippen LogP contribution is -2.47. The molecule has 13 heteroatoms. The van der Waals surface area contributed by atoms with E-state index in [1.54, 1.807) is 21.9 Å². The Morgan fingerprint density at radius 2 is 1.67 bits per heavy atom. The van der Waals surface area contributed by atoms with Crippen molar-refractivity contribution in [1.29, 1.82) is 0 Å². The van der Waals surface area contributed by atoms with Crippen LogP contribution in [-0.4, -0.2) is 57.3 Å². The summed E-state index contributed by atoms with van der Waals surface area (Å²) in [5.74, 6) is -6.86. The number of likely N-dealkylation sites (tertiary alicyclic amines) is 1. The van der Waals surface area contributed by atoms with E-state index in [4.69, 9.17) is 0 Å². The molecule has 0 aliphatic carbocycles. The summed E-state index contributed by atoms with van der Waals surface area (Å²) in [5.41, 5.74) is 0.800. The molecule has 42 heavy (non-hydrogen) atoms. The predicted octanol–water partition coefficient (Wildman–Crippen LogP) is 4.44. The van der Waals surface area contributed by atoms with Crippen molar-refractivity contribution in [3.63, 3.8) is 0 Å². The number of piperidine rings is 1. The zero-order valence-electron chi connectivity index (χ0n) is 21.9. The van der Waals surface area contributed by atoms with E-state index >= 15 is 0 Å². The van der Waals surface area contributed by atoms with Gasteiger partial charge >= 0.3 is 0 Å². The summed E-state index contributed by atoms with van der Waals surface area (Å²) < 4.78 is 70.9. The first-order valence-corrected chi connectivity index (χ1v) is 13.2. The molecule has 4 heterocycles. The maximum absolute atomic E-state index is 14.5. The number of carbonyl (C=O) groups excluding carboxylic acids is 2. The molecule has 2 aliphatic heterocycles. The number of hydrogen-bond acceptors (Lipinski definition) is 5. The molecule has 2 aromatic carbocycles. The van der Waals surface area contributed by atoms with Crippen LogP contribution in [0, 0.1) is 35.0 Å².